The zero-order valence-electron chi connectivity index (χ0n) is 15.9. The minimum atomic E-state index is -1.71. The molecule has 0 saturated carbocycles. The molecule has 0 saturated heterocycles. The number of nitrogens with zero attached hydrogens (tertiary/aromatic N) is 2. The number of amides is 1. The summed E-state index contributed by atoms with van der Waals surface area (Å²) in [7, 11) is 0. The molecule has 0 bridgehead atoms. The molecule has 1 aromatic heterocycles. The third kappa shape index (κ3) is 5.26. The van der Waals surface area contributed by atoms with Crippen molar-refractivity contribution in [2.45, 2.75) is 20.6 Å². The number of hydrogen-bond donors (Lipinski definition) is 2. The molecular formula is C20H17Cl3N2O4S2. The average molecular weight is 520 g/mol. The van der Waals surface area contributed by atoms with Crippen LogP contribution in [0.2, 0.25) is 0 Å². The van der Waals surface area contributed by atoms with Crippen LogP contribution in [-0.2, 0) is 11.2 Å². The number of phenolic OH excluding ortho intramolecular Hbond substituents is 2. The van der Waals surface area contributed by atoms with Crippen LogP contribution < -0.4 is 0 Å². The van der Waals surface area contributed by atoms with E-state index in [1.54, 1.807) is 16.2 Å². The van der Waals surface area contributed by atoms with Crippen LogP contribution in [0, 0.1) is 0 Å². The highest BCUT2D eigenvalue weighted by molar-refractivity contribution is 8.01. The minimum absolute atomic E-state index is 0.191. The van der Waals surface area contributed by atoms with Crippen molar-refractivity contribution in [3.63, 3.8) is 0 Å². The largest absolute Gasteiger partial charge is 0.504 e. The first-order valence-electron chi connectivity index (χ1n) is 9.24. The van der Waals surface area contributed by atoms with Gasteiger partial charge in [-0.3, -0.25) is 4.90 Å². The number of benzene rings is 2. The molecule has 1 atom stereocenters. The third-order valence-corrected chi connectivity index (χ3v) is 7.41. The summed E-state index contributed by atoms with van der Waals surface area (Å²) in [5.74, 6) is 0.0358. The third-order valence-electron chi connectivity index (χ3n) is 4.83. The van der Waals surface area contributed by atoms with Crippen molar-refractivity contribution in [2.75, 3.05) is 18.9 Å². The van der Waals surface area contributed by atoms with Crippen LogP contribution in [0.3, 0.4) is 0 Å². The number of fused-ring (bicyclic) bond motifs is 2. The topological polar surface area (TPSA) is 82.9 Å². The number of thioether (sulfide) groups is 1. The van der Waals surface area contributed by atoms with Crippen LogP contribution >= 0.6 is 57.9 Å². The van der Waals surface area contributed by atoms with Crippen LogP contribution in [0.15, 0.2) is 40.7 Å². The molecule has 1 aliphatic heterocycles. The summed E-state index contributed by atoms with van der Waals surface area (Å²) in [5.41, 5.74) is 2.51. The first-order chi connectivity index (χ1) is 14.7. The summed E-state index contributed by atoms with van der Waals surface area (Å²) in [6.07, 6.45) is -0.117. The molecule has 2 heterocycles. The SMILES string of the molecule is O=C(OCC(Cl)(Cl)Cl)N1CCc2cc(O)c(O)cc2C1CSc1nc2ccccc2s1. The molecule has 0 fully saturated rings. The number of halogens is 3. The summed E-state index contributed by atoms with van der Waals surface area (Å²) >= 11 is 20.2. The van der Waals surface area contributed by atoms with Gasteiger partial charge >= 0.3 is 6.09 Å². The van der Waals surface area contributed by atoms with Crippen molar-refractivity contribution in [3.05, 3.63) is 47.5 Å². The van der Waals surface area contributed by atoms with E-state index in [0.717, 1.165) is 25.7 Å². The van der Waals surface area contributed by atoms with Gasteiger partial charge in [-0.2, -0.15) is 0 Å². The Labute approximate surface area is 201 Å². The van der Waals surface area contributed by atoms with E-state index in [4.69, 9.17) is 39.5 Å². The van der Waals surface area contributed by atoms with Crippen molar-refractivity contribution in [1.29, 1.82) is 0 Å². The molecule has 1 unspecified atom stereocenters. The second-order valence-electron chi connectivity index (χ2n) is 6.93. The van der Waals surface area contributed by atoms with Gasteiger partial charge in [0.25, 0.3) is 0 Å². The smallest absolute Gasteiger partial charge is 0.410 e. The lowest BCUT2D eigenvalue weighted by Crippen LogP contribution is -2.42. The number of hydrogen-bond acceptors (Lipinski definition) is 7. The van der Waals surface area contributed by atoms with Gasteiger partial charge in [-0.1, -0.05) is 58.7 Å². The van der Waals surface area contributed by atoms with Crippen molar-refractivity contribution >= 4 is 74.2 Å². The first-order valence-corrected chi connectivity index (χ1v) is 12.2. The molecule has 0 radical (unpaired) electrons. The van der Waals surface area contributed by atoms with Gasteiger partial charge in [-0.15, -0.1) is 11.3 Å². The Hall–Kier alpha value is -1.58. The highest BCUT2D eigenvalue weighted by atomic mass is 35.6. The highest BCUT2D eigenvalue weighted by Gasteiger charge is 2.34. The summed E-state index contributed by atoms with van der Waals surface area (Å²) in [6.45, 7) is -0.0145. The Balaban J connectivity index is 1.60. The van der Waals surface area contributed by atoms with E-state index in [2.05, 4.69) is 4.98 Å². The van der Waals surface area contributed by atoms with Crippen molar-refractivity contribution < 1.29 is 19.7 Å². The molecule has 1 amide bonds. The maximum Gasteiger partial charge on any atom is 0.410 e. The monoisotopic (exact) mass is 518 g/mol. The lowest BCUT2D eigenvalue weighted by Gasteiger charge is -2.36. The fraction of sp³-hybridized carbons (Fsp3) is 0.300. The van der Waals surface area contributed by atoms with Gasteiger partial charge in [0.2, 0.25) is 3.79 Å². The van der Waals surface area contributed by atoms with Gasteiger partial charge < -0.3 is 14.9 Å². The Kier molecular flexibility index (Phi) is 6.65. The van der Waals surface area contributed by atoms with E-state index in [-0.39, 0.29) is 18.1 Å². The molecule has 2 N–H and O–H groups in total. The zero-order valence-corrected chi connectivity index (χ0v) is 19.8. The number of aromatic hydroxyl groups is 2. The van der Waals surface area contributed by atoms with Gasteiger partial charge in [0.15, 0.2) is 15.8 Å². The fourth-order valence-corrected chi connectivity index (χ4v) is 5.81. The number of alkyl halides is 3. The zero-order chi connectivity index (χ0) is 22.2. The number of aromatic nitrogens is 1. The highest BCUT2D eigenvalue weighted by Crippen LogP contribution is 2.41. The lowest BCUT2D eigenvalue weighted by atomic mass is 9.93. The molecular weight excluding hydrogens is 503 g/mol. The molecule has 11 heteroatoms. The Morgan fingerprint density at radius 3 is 2.74 bits per heavy atom. The summed E-state index contributed by atoms with van der Waals surface area (Å²) in [6, 6.07) is 10.5. The molecule has 0 spiro atoms. The molecule has 1 aliphatic rings. The number of rotatable bonds is 4. The van der Waals surface area contributed by atoms with E-state index in [1.165, 1.54) is 23.9 Å². The quantitative estimate of drug-likeness (QED) is 0.253. The minimum Gasteiger partial charge on any atom is -0.504 e. The maximum atomic E-state index is 12.8. The van der Waals surface area contributed by atoms with Crippen LogP contribution in [0.25, 0.3) is 10.2 Å². The lowest BCUT2D eigenvalue weighted by molar-refractivity contribution is 0.0881. The standard InChI is InChI=1S/C20H17Cl3N2O4S2/c21-20(22,23)10-29-19(28)25-6-5-11-7-15(26)16(27)8-12(11)14(25)9-30-18-24-13-3-1-2-4-17(13)31-18/h1-4,7-8,14,26-27H,5-6,9-10H2. The second kappa shape index (κ2) is 9.11. The van der Waals surface area contributed by atoms with E-state index in [9.17, 15) is 15.0 Å². The van der Waals surface area contributed by atoms with Gasteiger partial charge in [0, 0.05) is 12.3 Å². The molecule has 31 heavy (non-hydrogen) atoms. The van der Waals surface area contributed by atoms with Crippen molar-refractivity contribution in [2.24, 2.45) is 0 Å². The van der Waals surface area contributed by atoms with Gasteiger partial charge in [0.05, 0.1) is 16.3 Å². The molecule has 164 valence electrons. The summed E-state index contributed by atoms with van der Waals surface area (Å²) in [5, 5.41) is 19.9. The number of ether oxygens (including phenoxy) is 1. The predicted molar refractivity (Wildman–Crippen MR) is 125 cm³/mol. The summed E-state index contributed by atoms with van der Waals surface area (Å²) in [4.78, 5) is 18.9. The number of para-hydroxylation sites is 1. The molecule has 0 aliphatic carbocycles. The van der Waals surface area contributed by atoms with Crippen LogP contribution in [0.1, 0.15) is 17.2 Å². The second-order valence-corrected chi connectivity index (χ2v) is 11.7. The Morgan fingerprint density at radius 1 is 1.26 bits per heavy atom. The molecule has 3 aromatic rings. The first kappa shape index (κ1) is 22.6. The Morgan fingerprint density at radius 2 is 2.00 bits per heavy atom. The number of phenols is 2. The van der Waals surface area contributed by atoms with E-state index in [1.807, 2.05) is 24.3 Å². The molecule has 6 nitrogen and oxygen atoms in total. The molecule has 4 rings (SSSR count). The number of carbonyl (C=O) groups is 1. The van der Waals surface area contributed by atoms with Crippen LogP contribution in [-0.4, -0.2) is 48.9 Å². The van der Waals surface area contributed by atoms with Crippen molar-refractivity contribution in [3.8, 4) is 11.5 Å². The Bertz CT molecular complexity index is 1090. The van der Waals surface area contributed by atoms with Gasteiger partial charge in [-0.25, -0.2) is 9.78 Å². The van der Waals surface area contributed by atoms with E-state index in [0.29, 0.717) is 18.7 Å². The van der Waals surface area contributed by atoms with Gasteiger partial charge in [-0.05, 0) is 41.8 Å². The van der Waals surface area contributed by atoms with Gasteiger partial charge in [0.1, 0.15) is 6.61 Å². The van der Waals surface area contributed by atoms with E-state index >= 15 is 0 Å². The average Bonchev–Trinajstić information content (AvgIpc) is 3.13. The summed E-state index contributed by atoms with van der Waals surface area (Å²) < 4.78 is 5.44. The number of carbonyl (C=O) groups excluding carboxylic acids is 1. The van der Waals surface area contributed by atoms with E-state index < -0.39 is 15.9 Å². The fourth-order valence-electron chi connectivity index (χ4n) is 3.42. The van der Waals surface area contributed by atoms with Crippen LogP contribution in [0.4, 0.5) is 4.79 Å². The normalized spacial score (nSPS) is 16.4. The maximum absolute atomic E-state index is 12.8. The number of thiazole rings is 1. The van der Waals surface area contributed by atoms with Crippen molar-refractivity contribution in [1.82, 2.24) is 9.88 Å². The predicted octanol–water partition coefficient (Wildman–Crippen LogP) is 5.91. The molecule has 2 aromatic carbocycles. The van der Waals surface area contributed by atoms with Crippen LogP contribution in [0.5, 0.6) is 11.5 Å².